The Morgan fingerprint density at radius 1 is 1.35 bits per heavy atom. The maximum atomic E-state index is 11.6. The third-order valence-electron chi connectivity index (χ3n) is 3.06. The first-order chi connectivity index (χ1) is 8.09. The van der Waals surface area contributed by atoms with Crippen LogP contribution in [-0.4, -0.2) is 37.5 Å². The fourth-order valence-corrected chi connectivity index (χ4v) is 1.89. The Labute approximate surface area is 101 Å². The van der Waals surface area contributed by atoms with Gasteiger partial charge in [-0.05, 0) is 38.3 Å². The number of amides is 2. The summed E-state index contributed by atoms with van der Waals surface area (Å²) in [7, 11) is 0. The number of hydrogen-bond acceptors (Lipinski definition) is 4. The molecule has 0 aliphatic carbocycles. The van der Waals surface area contributed by atoms with Crippen LogP contribution in [0.4, 0.5) is 0 Å². The molecule has 1 saturated heterocycles. The summed E-state index contributed by atoms with van der Waals surface area (Å²) in [5.74, 6) is -0.0834. The van der Waals surface area contributed by atoms with Gasteiger partial charge in [0.1, 0.15) is 0 Å². The largest absolute Gasteiger partial charge is 0.370 e. The van der Waals surface area contributed by atoms with Crippen molar-refractivity contribution in [1.29, 1.82) is 0 Å². The average molecular weight is 242 g/mol. The quantitative estimate of drug-likeness (QED) is 0.463. The molecule has 2 amide bonds. The summed E-state index contributed by atoms with van der Waals surface area (Å²) in [4.78, 5) is 22.2. The van der Waals surface area contributed by atoms with Crippen molar-refractivity contribution >= 4 is 11.8 Å². The molecule has 1 rings (SSSR count). The molecule has 1 fully saturated rings. The smallest absolute Gasteiger partial charge is 0.236 e. The molecule has 0 saturated carbocycles. The zero-order valence-corrected chi connectivity index (χ0v) is 10.1. The number of carbonyl (C=O) groups excluding carboxylic acids is 2. The van der Waals surface area contributed by atoms with Crippen LogP contribution in [0.2, 0.25) is 0 Å². The topological polar surface area (TPSA) is 110 Å². The molecule has 1 atom stereocenters. The van der Waals surface area contributed by atoms with Crippen LogP contribution < -0.4 is 22.1 Å². The van der Waals surface area contributed by atoms with Crippen molar-refractivity contribution < 1.29 is 9.59 Å². The third-order valence-corrected chi connectivity index (χ3v) is 3.06. The molecule has 6 nitrogen and oxygen atoms in total. The molecule has 1 heterocycles. The van der Waals surface area contributed by atoms with E-state index < -0.39 is 11.9 Å². The van der Waals surface area contributed by atoms with Crippen molar-refractivity contribution in [3.05, 3.63) is 0 Å². The first-order valence-electron chi connectivity index (χ1n) is 6.12. The minimum atomic E-state index is -0.635. The molecule has 0 aromatic carbocycles. The summed E-state index contributed by atoms with van der Waals surface area (Å²) < 4.78 is 0. The molecule has 98 valence electrons. The Morgan fingerprint density at radius 2 is 2.00 bits per heavy atom. The number of nitrogens with one attached hydrogen (secondary N) is 2. The highest BCUT2D eigenvalue weighted by atomic mass is 16.2. The van der Waals surface area contributed by atoms with Gasteiger partial charge in [-0.1, -0.05) is 0 Å². The summed E-state index contributed by atoms with van der Waals surface area (Å²) in [5, 5.41) is 6.10. The summed E-state index contributed by atoms with van der Waals surface area (Å²) in [5.41, 5.74) is 10.6. The van der Waals surface area contributed by atoms with E-state index in [2.05, 4.69) is 10.6 Å². The van der Waals surface area contributed by atoms with Crippen molar-refractivity contribution in [1.82, 2.24) is 10.6 Å². The number of primary amides is 1. The van der Waals surface area contributed by atoms with Gasteiger partial charge in [0, 0.05) is 13.0 Å². The van der Waals surface area contributed by atoms with Crippen LogP contribution in [-0.2, 0) is 9.59 Å². The van der Waals surface area contributed by atoms with Gasteiger partial charge >= 0.3 is 0 Å². The van der Waals surface area contributed by atoms with Gasteiger partial charge in [-0.2, -0.15) is 0 Å². The molecule has 6 heteroatoms. The Bertz CT molecular complexity index is 264. The summed E-state index contributed by atoms with van der Waals surface area (Å²) in [6.07, 6.45) is 2.63. The molecular formula is C11H22N4O2. The molecule has 0 bridgehead atoms. The molecule has 1 aliphatic heterocycles. The molecule has 1 aliphatic rings. The lowest BCUT2D eigenvalue weighted by Crippen LogP contribution is -2.44. The fraction of sp³-hybridized carbons (Fsp3) is 0.818. The molecule has 1 unspecified atom stereocenters. The highest BCUT2D eigenvalue weighted by molar-refractivity contribution is 5.82. The first kappa shape index (κ1) is 13.9. The molecular weight excluding hydrogens is 220 g/mol. The van der Waals surface area contributed by atoms with Gasteiger partial charge in [-0.25, -0.2) is 0 Å². The summed E-state index contributed by atoms with van der Waals surface area (Å²) in [6.45, 7) is 2.69. The van der Waals surface area contributed by atoms with E-state index >= 15 is 0 Å². The van der Waals surface area contributed by atoms with Crippen molar-refractivity contribution in [3.63, 3.8) is 0 Å². The lowest BCUT2D eigenvalue weighted by Gasteiger charge is -2.23. The highest BCUT2D eigenvalue weighted by Crippen LogP contribution is 2.09. The Kier molecular flexibility index (Phi) is 5.93. The van der Waals surface area contributed by atoms with Crippen LogP contribution in [0.15, 0.2) is 0 Å². The lowest BCUT2D eigenvalue weighted by atomic mass is 9.98. The number of piperidine rings is 1. The molecule has 0 spiro atoms. The Morgan fingerprint density at radius 3 is 2.59 bits per heavy atom. The van der Waals surface area contributed by atoms with Gasteiger partial charge in [-0.3, -0.25) is 9.59 Å². The predicted molar refractivity (Wildman–Crippen MR) is 65.0 cm³/mol. The van der Waals surface area contributed by atoms with E-state index in [0.29, 0.717) is 18.9 Å². The van der Waals surface area contributed by atoms with Crippen LogP contribution in [0.1, 0.15) is 25.7 Å². The van der Waals surface area contributed by atoms with Crippen molar-refractivity contribution in [3.8, 4) is 0 Å². The van der Waals surface area contributed by atoms with Crippen LogP contribution in [0.3, 0.4) is 0 Å². The number of carbonyl (C=O) groups is 2. The minimum Gasteiger partial charge on any atom is -0.370 e. The maximum Gasteiger partial charge on any atom is 0.236 e. The summed E-state index contributed by atoms with van der Waals surface area (Å²) in [6, 6.07) is -0.635. The second kappa shape index (κ2) is 7.24. The fourth-order valence-electron chi connectivity index (χ4n) is 1.89. The lowest BCUT2D eigenvalue weighted by molar-refractivity contribution is -0.123. The van der Waals surface area contributed by atoms with Crippen molar-refractivity contribution in [2.75, 3.05) is 19.6 Å². The second-order valence-electron chi connectivity index (χ2n) is 4.55. The van der Waals surface area contributed by atoms with E-state index in [9.17, 15) is 9.59 Å². The average Bonchev–Trinajstić information content (AvgIpc) is 2.34. The van der Waals surface area contributed by atoms with Gasteiger partial charge in [0.2, 0.25) is 11.8 Å². The zero-order chi connectivity index (χ0) is 12.7. The number of nitrogens with two attached hydrogens (primary N) is 2. The minimum absolute atomic E-state index is 0.155. The van der Waals surface area contributed by atoms with Crippen LogP contribution in [0.5, 0.6) is 0 Å². The second-order valence-corrected chi connectivity index (χ2v) is 4.55. The van der Waals surface area contributed by atoms with E-state index in [4.69, 9.17) is 11.5 Å². The maximum absolute atomic E-state index is 11.6. The van der Waals surface area contributed by atoms with Crippen molar-refractivity contribution in [2.24, 2.45) is 17.4 Å². The zero-order valence-electron chi connectivity index (χ0n) is 10.1. The SMILES string of the molecule is NC(=O)CCC(N)C(=O)NCC1CCNCC1. The molecule has 17 heavy (non-hydrogen) atoms. The van der Waals surface area contributed by atoms with Gasteiger partial charge in [0.25, 0.3) is 0 Å². The molecule has 0 aromatic rings. The van der Waals surface area contributed by atoms with Gasteiger partial charge in [0.15, 0.2) is 0 Å². The predicted octanol–water partition coefficient (Wildman–Crippen LogP) is -1.30. The van der Waals surface area contributed by atoms with Gasteiger partial charge < -0.3 is 22.1 Å². The normalized spacial score (nSPS) is 18.6. The highest BCUT2D eigenvalue weighted by Gasteiger charge is 2.17. The van der Waals surface area contributed by atoms with E-state index in [-0.39, 0.29) is 12.3 Å². The molecule has 0 radical (unpaired) electrons. The number of rotatable bonds is 6. The van der Waals surface area contributed by atoms with Crippen molar-refractivity contribution in [2.45, 2.75) is 31.7 Å². The molecule has 6 N–H and O–H groups in total. The third kappa shape index (κ3) is 5.65. The van der Waals surface area contributed by atoms with Gasteiger partial charge in [0.05, 0.1) is 6.04 Å². The van der Waals surface area contributed by atoms with Crippen LogP contribution >= 0.6 is 0 Å². The van der Waals surface area contributed by atoms with E-state index in [1.54, 1.807) is 0 Å². The van der Waals surface area contributed by atoms with Crippen LogP contribution in [0.25, 0.3) is 0 Å². The Balaban J connectivity index is 2.16. The number of hydrogen-bond donors (Lipinski definition) is 4. The van der Waals surface area contributed by atoms with E-state index in [1.807, 2.05) is 0 Å². The van der Waals surface area contributed by atoms with E-state index in [0.717, 1.165) is 25.9 Å². The van der Waals surface area contributed by atoms with Gasteiger partial charge in [-0.15, -0.1) is 0 Å². The standard InChI is InChI=1S/C11H22N4O2/c12-9(1-2-10(13)16)11(17)15-7-8-3-5-14-6-4-8/h8-9,14H,1-7,12H2,(H2,13,16)(H,15,17). The monoisotopic (exact) mass is 242 g/mol. The Hall–Kier alpha value is -1.14. The first-order valence-corrected chi connectivity index (χ1v) is 6.12. The van der Waals surface area contributed by atoms with Crippen LogP contribution in [0, 0.1) is 5.92 Å². The van der Waals surface area contributed by atoms with E-state index in [1.165, 1.54) is 0 Å². The molecule has 0 aromatic heterocycles. The summed E-state index contributed by atoms with van der Waals surface area (Å²) >= 11 is 0.